The molecule has 0 radical (unpaired) electrons. The van der Waals surface area contributed by atoms with Gasteiger partial charge in [-0.25, -0.2) is 17.6 Å². The molecule has 0 spiro atoms. The Bertz CT molecular complexity index is 1770. The largest absolute Gasteiger partial charge is 0.508 e. The number of allylic oxidation sites excluding steroid dienone is 4. The van der Waals surface area contributed by atoms with Gasteiger partial charge in [0.15, 0.2) is 17.3 Å². The number of carbonyl (C=O) groups is 3. The van der Waals surface area contributed by atoms with E-state index in [0.29, 0.717) is 0 Å². The van der Waals surface area contributed by atoms with Crippen molar-refractivity contribution in [2.75, 3.05) is 0 Å². The van der Waals surface area contributed by atoms with Crippen LogP contribution in [0.3, 0.4) is 0 Å². The summed E-state index contributed by atoms with van der Waals surface area (Å²) in [5, 5.41) is 36.3. The molecule has 0 fully saturated rings. The van der Waals surface area contributed by atoms with E-state index in [2.05, 4.69) is 0 Å². The Kier molecular flexibility index (Phi) is 12.6. The molecule has 0 atom stereocenters. The van der Waals surface area contributed by atoms with E-state index in [0.717, 1.165) is 48.6 Å². The lowest BCUT2D eigenvalue weighted by Crippen LogP contribution is -2.02. The van der Waals surface area contributed by atoms with Crippen LogP contribution in [0.25, 0.3) is 24.3 Å². The van der Waals surface area contributed by atoms with Crippen molar-refractivity contribution in [2.45, 2.75) is 6.42 Å². The molecule has 4 rings (SSSR count). The van der Waals surface area contributed by atoms with Crippen LogP contribution in [-0.4, -0.2) is 37.8 Å². The maximum atomic E-state index is 13.5. The summed E-state index contributed by atoms with van der Waals surface area (Å²) in [6, 6.07) is 14.1. The van der Waals surface area contributed by atoms with E-state index in [1.54, 1.807) is 0 Å². The van der Waals surface area contributed by atoms with Crippen molar-refractivity contribution in [3.05, 3.63) is 143 Å². The quantitative estimate of drug-likeness (QED) is 0.0808. The third-order valence-electron chi connectivity index (χ3n) is 6.04. The van der Waals surface area contributed by atoms with Gasteiger partial charge < -0.3 is 20.4 Å². The molecule has 0 aliphatic rings. The van der Waals surface area contributed by atoms with Gasteiger partial charge in [0.25, 0.3) is 0 Å². The zero-order valence-corrected chi connectivity index (χ0v) is 24.3. The summed E-state index contributed by atoms with van der Waals surface area (Å²) in [5.74, 6) is -5.13. The highest BCUT2D eigenvalue weighted by Crippen LogP contribution is 2.19. The predicted molar refractivity (Wildman–Crippen MR) is 168 cm³/mol. The maximum Gasteiger partial charge on any atom is 0.178 e. The third kappa shape index (κ3) is 11.7. The van der Waals surface area contributed by atoms with E-state index in [1.165, 1.54) is 72.8 Å². The Morgan fingerprint density at radius 3 is 0.957 bits per heavy atom. The van der Waals surface area contributed by atoms with Crippen molar-refractivity contribution in [1.29, 1.82) is 0 Å². The van der Waals surface area contributed by atoms with E-state index < -0.39 is 47.0 Å². The molecule has 0 heterocycles. The highest BCUT2D eigenvalue weighted by atomic mass is 19.1. The van der Waals surface area contributed by atoms with Gasteiger partial charge in [-0.1, -0.05) is 0 Å². The lowest BCUT2D eigenvalue weighted by atomic mass is 10.1. The fraction of sp³-hybridized carbons (Fsp3) is 0.0278. The minimum atomic E-state index is -0.696. The van der Waals surface area contributed by atoms with E-state index in [4.69, 9.17) is 20.4 Å². The van der Waals surface area contributed by atoms with Crippen LogP contribution in [0.15, 0.2) is 97.1 Å². The number of hydrogen-bond acceptors (Lipinski definition) is 7. The molecule has 0 aliphatic heterocycles. The number of phenols is 4. The summed E-state index contributed by atoms with van der Waals surface area (Å²) < 4.78 is 53.8. The second-order valence-electron chi connectivity index (χ2n) is 9.67. The molecule has 0 saturated heterocycles. The van der Waals surface area contributed by atoms with Crippen molar-refractivity contribution in [2.24, 2.45) is 0 Å². The fourth-order valence-corrected chi connectivity index (χ4v) is 3.66. The van der Waals surface area contributed by atoms with Crippen molar-refractivity contribution in [1.82, 2.24) is 0 Å². The topological polar surface area (TPSA) is 132 Å². The number of halogens is 4. The predicted octanol–water partition coefficient (Wildman–Crippen LogP) is 7.30. The van der Waals surface area contributed by atoms with Gasteiger partial charge in [-0.2, -0.15) is 0 Å². The molecule has 4 aromatic carbocycles. The monoisotopic (exact) mass is 646 g/mol. The molecule has 0 unspecified atom stereocenters. The first-order valence-electron chi connectivity index (χ1n) is 13.6. The Labute approximate surface area is 266 Å². The first-order valence-corrected chi connectivity index (χ1v) is 13.6. The van der Waals surface area contributed by atoms with E-state index in [-0.39, 0.29) is 45.3 Å². The highest BCUT2D eigenvalue weighted by molar-refractivity contribution is 6.11. The van der Waals surface area contributed by atoms with E-state index in [9.17, 15) is 31.9 Å². The lowest BCUT2D eigenvalue weighted by Gasteiger charge is -1.98. The normalized spacial score (nSPS) is 11.3. The second kappa shape index (κ2) is 16.7. The molecule has 11 heteroatoms. The van der Waals surface area contributed by atoms with E-state index in [1.807, 2.05) is 0 Å². The smallest absolute Gasteiger partial charge is 0.178 e. The van der Waals surface area contributed by atoms with Gasteiger partial charge in [-0.15, -0.1) is 0 Å². The van der Waals surface area contributed by atoms with Gasteiger partial charge in [-0.3, -0.25) is 14.4 Å². The molecule has 240 valence electrons. The van der Waals surface area contributed by atoms with Crippen LogP contribution in [0.4, 0.5) is 17.6 Å². The minimum Gasteiger partial charge on any atom is -0.508 e. The third-order valence-corrected chi connectivity index (χ3v) is 6.04. The fourth-order valence-electron chi connectivity index (χ4n) is 3.66. The zero-order valence-electron chi connectivity index (χ0n) is 24.3. The van der Waals surface area contributed by atoms with E-state index >= 15 is 0 Å². The summed E-state index contributed by atoms with van der Waals surface area (Å²) in [7, 11) is 0. The number of ketones is 3. The van der Waals surface area contributed by atoms with Gasteiger partial charge in [0.05, 0.1) is 6.42 Å². The first-order chi connectivity index (χ1) is 22.3. The first kappa shape index (κ1) is 35.3. The number of benzene rings is 4. The van der Waals surface area contributed by atoms with Crippen LogP contribution >= 0.6 is 0 Å². The average Bonchev–Trinajstić information content (AvgIpc) is 2.99. The van der Waals surface area contributed by atoms with Gasteiger partial charge in [0.1, 0.15) is 46.3 Å². The van der Waals surface area contributed by atoms with Gasteiger partial charge in [0.2, 0.25) is 0 Å². The molecule has 4 aromatic rings. The van der Waals surface area contributed by atoms with Crippen LogP contribution in [0.5, 0.6) is 23.0 Å². The van der Waals surface area contributed by atoms with Crippen molar-refractivity contribution in [3.63, 3.8) is 0 Å². The summed E-state index contributed by atoms with van der Waals surface area (Å²) >= 11 is 0. The summed E-state index contributed by atoms with van der Waals surface area (Å²) in [6.07, 6.45) is 8.84. The molecule has 0 bridgehead atoms. The van der Waals surface area contributed by atoms with Gasteiger partial charge in [-0.05, 0) is 97.1 Å². The van der Waals surface area contributed by atoms with Crippen LogP contribution in [0, 0.1) is 23.3 Å². The molecule has 4 N–H and O–H groups in total. The number of hydrogen-bond donors (Lipinski definition) is 4. The van der Waals surface area contributed by atoms with Crippen LogP contribution in [0.1, 0.15) is 28.7 Å². The highest BCUT2D eigenvalue weighted by Gasteiger charge is 2.07. The van der Waals surface area contributed by atoms with Gasteiger partial charge >= 0.3 is 0 Å². The standard InChI is InChI=1S/C19H14F2O4.C17H12F2O3/c20-18-10-16(24)7-3-12(18)1-5-14(22)9-15(23)6-2-13-4-8-17(25)11-19(13)21;18-16-9-14(21)7-3-11(16)1-5-13(20)6-2-12-4-8-15(22)10-17(12)19/h1-8,10-11,24-25H,9H2;1-10,21-22H/b2*5-1+,6-2+. The van der Waals surface area contributed by atoms with Crippen LogP contribution < -0.4 is 0 Å². The van der Waals surface area contributed by atoms with Crippen molar-refractivity contribution < 1.29 is 52.4 Å². The number of rotatable bonds is 10. The van der Waals surface area contributed by atoms with Gasteiger partial charge in [0, 0.05) is 46.5 Å². The molecule has 47 heavy (non-hydrogen) atoms. The Balaban J connectivity index is 0.000000257. The van der Waals surface area contributed by atoms with Crippen molar-refractivity contribution >= 4 is 41.7 Å². The second-order valence-corrected chi connectivity index (χ2v) is 9.67. The summed E-state index contributed by atoms with van der Waals surface area (Å²) in [6.45, 7) is 0. The number of carbonyl (C=O) groups excluding carboxylic acids is 3. The molecule has 0 aromatic heterocycles. The average molecular weight is 647 g/mol. The van der Waals surface area contributed by atoms with Crippen LogP contribution in [0.2, 0.25) is 0 Å². The number of phenolic OH excluding ortho intramolecular Hbond substituents is 4. The molecule has 0 saturated carbocycles. The molecular weight excluding hydrogens is 620 g/mol. The molecule has 0 aliphatic carbocycles. The van der Waals surface area contributed by atoms with Crippen LogP contribution in [-0.2, 0) is 14.4 Å². The van der Waals surface area contributed by atoms with Crippen molar-refractivity contribution in [3.8, 4) is 23.0 Å². The zero-order chi connectivity index (χ0) is 34.5. The Morgan fingerprint density at radius 1 is 0.447 bits per heavy atom. The molecule has 7 nitrogen and oxygen atoms in total. The number of aromatic hydroxyl groups is 4. The molecular formula is C36H26F4O7. The Hall–Kier alpha value is -6.23. The maximum absolute atomic E-state index is 13.5. The Morgan fingerprint density at radius 2 is 0.702 bits per heavy atom. The summed E-state index contributed by atoms with van der Waals surface area (Å²) in [5.41, 5.74) is 0.492. The minimum absolute atomic E-state index is 0.0975. The molecule has 0 amide bonds. The summed E-state index contributed by atoms with van der Waals surface area (Å²) in [4.78, 5) is 35.0. The lowest BCUT2D eigenvalue weighted by molar-refractivity contribution is -0.122. The SMILES string of the molecule is O=C(/C=C/c1ccc(O)cc1F)/C=C/c1ccc(O)cc1F.O=C(/C=C/c1ccc(O)cc1F)CC(=O)/C=C/c1ccc(O)cc1F.